The molecule has 3 rings (SSSR count). The van der Waals surface area contributed by atoms with Crippen molar-refractivity contribution in [3.8, 4) is 17.4 Å². The fourth-order valence-corrected chi connectivity index (χ4v) is 2.29. The number of aliphatic carboxylic acids is 1. The quantitative estimate of drug-likeness (QED) is 0.741. The number of pyridine rings is 1. The van der Waals surface area contributed by atoms with Crippen molar-refractivity contribution in [2.45, 2.75) is 13.3 Å². The summed E-state index contributed by atoms with van der Waals surface area (Å²) in [7, 11) is 0. The second kappa shape index (κ2) is 7.00. The number of aromatic nitrogens is 1. The number of carbonyl (C=O) groups is 1. The van der Waals surface area contributed by atoms with Crippen molar-refractivity contribution >= 4 is 16.9 Å². The molecule has 0 aliphatic carbocycles. The number of aryl methyl sites for hydroxylation is 1. The van der Waals surface area contributed by atoms with Crippen LogP contribution >= 0.6 is 0 Å². The fourth-order valence-electron chi connectivity index (χ4n) is 2.29. The van der Waals surface area contributed by atoms with Gasteiger partial charge in [0.1, 0.15) is 11.5 Å². The Morgan fingerprint density at radius 2 is 1.75 bits per heavy atom. The maximum Gasteiger partial charge on any atom is 0.341 e. The summed E-state index contributed by atoms with van der Waals surface area (Å²) in [5.41, 5.74) is 2.13. The number of ether oxygens (including phenoxy) is 2. The van der Waals surface area contributed by atoms with Gasteiger partial charge in [0.15, 0.2) is 6.61 Å². The third kappa shape index (κ3) is 3.81. The van der Waals surface area contributed by atoms with E-state index in [0.717, 1.165) is 17.3 Å². The minimum absolute atomic E-state index is 0.369. The lowest BCUT2D eigenvalue weighted by atomic mass is 10.1. The van der Waals surface area contributed by atoms with Gasteiger partial charge in [-0.05, 0) is 48.4 Å². The third-order valence-electron chi connectivity index (χ3n) is 3.55. The highest BCUT2D eigenvalue weighted by Crippen LogP contribution is 2.25. The van der Waals surface area contributed by atoms with E-state index in [9.17, 15) is 4.79 Å². The largest absolute Gasteiger partial charge is 0.482 e. The van der Waals surface area contributed by atoms with Gasteiger partial charge in [0.05, 0.1) is 5.52 Å². The van der Waals surface area contributed by atoms with Gasteiger partial charge in [-0.25, -0.2) is 9.78 Å². The van der Waals surface area contributed by atoms with Crippen molar-refractivity contribution in [2.75, 3.05) is 6.61 Å². The Balaban J connectivity index is 1.75. The summed E-state index contributed by atoms with van der Waals surface area (Å²) in [5, 5.41) is 9.66. The fraction of sp³-hybridized carbons (Fsp3) is 0.158. The summed E-state index contributed by atoms with van der Waals surface area (Å²) in [6, 6.07) is 16.8. The lowest BCUT2D eigenvalue weighted by Gasteiger charge is -2.08. The number of fused-ring (bicyclic) bond motifs is 1. The normalized spacial score (nSPS) is 10.5. The first kappa shape index (κ1) is 15.8. The molecule has 1 N–H and O–H groups in total. The number of nitrogens with zero attached hydrogens (tertiary/aromatic N) is 1. The average molecular weight is 323 g/mol. The van der Waals surface area contributed by atoms with E-state index in [-0.39, 0.29) is 6.61 Å². The third-order valence-corrected chi connectivity index (χ3v) is 3.55. The van der Waals surface area contributed by atoms with Gasteiger partial charge in [-0.2, -0.15) is 0 Å². The van der Waals surface area contributed by atoms with E-state index < -0.39 is 5.97 Å². The lowest BCUT2D eigenvalue weighted by Crippen LogP contribution is -2.09. The van der Waals surface area contributed by atoms with E-state index in [1.54, 1.807) is 24.3 Å². The van der Waals surface area contributed by atoms with Crippen molar-refractivity contribution in [2.24, 2.45) is 0 Å². The molecule has 0 unspecified atom stereocenters. The van der Waals surface area contributed by atoms with Gasteiger partial charge in [-0.3, -0.25) is 0 Å². The molecule has 0 atom stereocenters. The summed E-state index contributed by atoms with van der Waals surface area (Å²) in [6.07, 6.45) is 0.959. The zero-order valence-electron chi connectivity index (χ0n) is 13.2. The summed E-state index contributed by atoms with van der Waals surface area (Å²) < 4.78 is 10.8. The van der Waals surface area contributed by atoms with Gasteiger partial charge in [0, 0.05) is 11.5 Å². The van der Waals surface area contributed by atoms with Crippen LogP contribution in [0.2, 0.25) is 0 Å². The summed E-state index contributed by atoms with van der Waals surface area (Å²) in [4.78, 5) is 15.0. The second-order valence-electron chi connectivity index (χ2n) is 5.29. The molecule has 0 amide bonds. The van der Waals surface area contributed by atoms with Gasteiger partial charge in [-0.15, -0.1) is 0 Å². The van der Waals surface area contributed by atoms with Gasteiger partial charge < -0.3 is 14.6 Å². The van der Waals surface area contributed by atoms with Crippen LogP contribution in [0.25, 0.3) is 10.9 Å². The highest BCUT2D eigenvalue weighted by Gasteiger charge is 2.04. The SMILES string of the molecule is CCc1ccc2ccc(Oc3ccc(OCC(=O)O)cc3)nc2c1. The van der Waals surface area contributed by atoms with Gasteiger partial charge in [0.2, 0.25) is 5.88 Å². The van der Waals surface area contributed by atoms with E-state index in [0.29, 0.717) is 17.4 Å². The number of carboxylic acid groups (broad SMARTS) is 1. The molecular formula is C19H17NO4. The molecular weight excluding hydrogens is 306 g/mol. The van der Waals surface area contributed by atoms with E-state index in [2.05, 4.69) is 30.1 Å². The van der Waals surface area contributed by atoms with Crippen molar-refractivity contribution in [3.63, 3.8) is 0 Å². The van der Waals surface area contributed by atoms with Crippen molar-refractivity contribution in [3.05, 3.63) is 60.2 Å². The predicted octanol–water partition coefficient (Wildman–Crippen LogP) is 4.05. The highest BCUT2D eigenvalue weighted by atomic mass is 16.5. The minimum Gasteiger partial charge on any atom is -0.482 e. The molecule has 24 heavy (non-hydrogen) atoms. The summed E-state index contributed by atoms with van der Waals surface area (Å²) in [6.45, 7) is 1.74. The molecule has 1 aromatic heterocycles. The number of rotatable bonds is 6. The molecule has 0 saturated heterocycles. The first-order chi connectivity index (χ1) is 11.6. The van der Waals surface area contributed by atoms with Crippen LogP contribution in [0.5, 0.6) is 17.4 Å². The molecule has 0 aliphatic rings. The van der Waals surface area contributed by atoms with Crippen LogP contribution in [0.4, 0.5) is 0 Å². The molecule has 122 valence electrons. The molecule has 2 aromatic carbocycles. The molecule has 5 nitrogen and oxygen atoms in total. The highest BCUT2D eigenvalue weighted by molar-refractivity contribution is 5.79. The smallest absolute Gasteiger partial charge is 0.341 e. The minimum atomic E-state index is -1.01. The maximum absolute atomic E-state index is 10.5. The molecule has 0 bridgehead atoms. The first-order valence-corrected chi connectivity index (χ1v) is 7.66. The lowest BCUT2D eigenvalue weighted by molar-refractivity contribution is -0.139. The standard InChI is InChI=1S/C19H17NO4/c1-2-13-3-4-14-5-10-18(20-17(14)11-13)24-16-8-6-15(7-9-16)23-12-19(21)22/h3-11H,2,12H2,1H3,(H,21,22). The molecule has 3 aromatic rings. The predicted molar refractivity (Wildman–Crippen MR) is 90.8 cm³/mol. The van der Waals surface area contributed by atoms with Crippen molar-refractivity contribution in [1.29, 1.82) is 0 Å². The van der Waals surface area contributed by atoms with Gasteiger partial charge in [-0.1, -0.05) is 19.1 Å². The zero-order valence-corrected chi connectivity index (χ0v) is 13.2. The number of benzene rings is 2. The first-order valence-electron chi connectivity index (χ1n) is 7.66. The summed E-state index contributed by atoms with van der Waals surface area (Å²) in [5.74, 6) is 0.581. The number of hydrogen-bond acceptors (Lipinski definition) is 4. The maximum atomic E-state index is 10.5. The number of carboxylic acids is 1. The molecule has 5 heteroatoms. The van der Waals surface area contributed by atoms with Crippen molar-refractivity contribution < 1.29 is 19.4 Å². The second-order valence-corrected chi connectivity index (χ2v) is 5.29. The average Bonchev–Trinajstić information content (AvgIpc) is 2.60. The van der Waals surface area contributed by atoms with Crippen LogP contribution < -0.4 is 9.47 Å². The molecule has 0 spiro atoms. The van der Waals surface area contributed by atoms with Crippen LogP contribution in [0.15, 0.2) is 54.6 Å². The van der Waals surface area contributed by atoms with E-state index in [1.165, 1.54) is 5.56 Å². The Kier molecular flexibility index (Phi) is 4.61. The van der Waals surface area contributed by atoms with Crippen LogP contribution in [0, 0.1) is 0 Å². The molecule has 0 saturated carbocycles. The molecule has 0 radical (unpaired) electrons. The van der Waals surface area contributed by atoms with Crippen LogP contribution in [-0.2, 0) is 11.2 Å². The summed E-state index contributed by atoms with van der Waals surface area (Å²) >= 11 is 0. The van der Waals surface area contributed by atoms with Crippen molar-refractivity contribution in [1.82, 2.24) is 4.98 Å². The van der Waals surface area contributed by atoms with Gasteiger partial charge >= 0.3 is 5.97 Å². The Hall–Kier alpha value is -3.08. The van der Waals surface area contributed by atoms with E-state index in [4.69, 9.17) is 14.6 Å². The van der Waals surface area contributed by atoms with Crippen LogP contribution in [-0.4, -0.2) is 22.7 Å². The Bertz CT molecular complexity index is 859. The molecule has 1 heterocycles. The van der Waals surface area contributed by atoms with Crippen LogP contribution in [0.3, 0.4) is 0 Å². The van der Waals surface area contributed by atoms with Gasteiger partial charge in [0.25, 0.3) is 0 Å². The Labute approximate surface area is 139 Å². The Morgan fingerprint density at radius 1 is 1.04 bits per heavy atom. The van der Waals surface area contributed by atoms with Crippen LogP contribution in [0.1, 0.15) is 12.5 Å². The monoisotopic (exact) mass is 323 g/mol. The Morgan fingerprint density at radius 3 is 2.46 bits per heavy atom. The zero-order chi connectivity index (χ0) is 16.9. The van der Waals surface area contributed by atoms with E-state index >= 15 is 0 Å². The molecule has 0 aliphatic heterocycles. The molecule has 0 fully saturated rings. The number of hydrogen-bond donors (Lipinski definition) is 1. The topological polar surface area (TPSA) is 68.7 Å². The van der Waals surface area contributed by atoms with E-state index in [1.807, 2.05) is 12.1 Å².